The van der Waals surface area contributed by atoms with Gasteiger partial charge in [-0.2, -0.15) is 0 Å². The van der Waals surface area contributed by atoms with E-state index in [4.69, 9.17) is 20.8 Å². The molecule has 0 saturated carbocycles. The summed E-state index contributed by atoms with van der Waals surface area (Å²) >= 11 is 5.79. The lowest BCUT2D eigenvalue weighted by Crippen LogP contribution is -2.36. The highest BCUT2D eigenvalue weighted by atomic mass is 35.5. The zero-order chi connectivity index (χ0) is 15.9. The number of nitrogens with one attached hydrogen (secondary N) is 1. The van der Waals surface area contributed by atoms with Crippen LogP contribution in [0.15, 0.2) is 47.1 Å². The number of halogens is 2. The van der Waals surface area contributed by atoms with Crippen molar-refractivity contribution in [2.75, 3.05) is 27.2 Å². The van der Waals surface area contributed by atoms with Gasteiger partial charge >= 0.3 is 0 Å². The Morgan fingerprint density at radius 2 is 2.00 bits per heavy atom. The van der Waals surface area contributed by atoms with E-state index in [1.54, 1.807) is 30.5 Å². The molecule has 1 unspecified atom stereocenters. The molecule has 23 heavy (non-hydrogen) atoms. The van der Waals surface area contributed by atoms with Gasteiger partial charge in [0, 0.05) is 11.6 Å². The van der Waals surface area contributed by atoms with Crippen molar-refractivity contribution in [2.24, 2.45) is 0 Å². The molecule has 0 aliphatic rings. The van der Waals surface area contributed by atoms with Crippen molar-refractivity contribution in [3.63, 3.8) is 0 Å². The number of benzene rings is 1. The summed E-state index contributed by atoms with van der Waals surface area (Å²) in [5.74, 6) is 1.23. The third kappa shape index (κ3) is 6.14. The first-order valence-corrected chi connectivity index (χ1v) is 7.29. The molecule has 0 spiro atoms. The Labute approximate surface area is 147 Å². The van der Waals surface area contributed by atoms with Gasteiger partial charge in [0.15, 0.2) is 6.61 Å². The molecule has 0 fully saturated rings. The summed E-state index contributed by atoms with van der Waals surface area (Å²) in [7, 11) is 3.87. The molecule has 7 heteroatoms. The molecule has 1 aromatic carbocycles. The van der Waals surface area contributed by atoms with Crippen LogP contribution < -0.4 is 10.1 Å². The molecule has 126 valence electrons. The van der Waals surface area contributed by atoms with E-state index in [2.05, 4.69) is 5.32 Å². The Balaban J connectivity index is 0.00000264. The number of rotatable bonds is 7. The van der Waals surface area contributed by atoms with Gasteiger partial charge in [0.1, 0.15) is 11.5 Å². The number of amides is 1. The summed E-state index contributed by atoms with van der Waals surface area (Å²) in [6.45, 7) is 0.406. The van der Waals surface area contributed by atoms with Gasteiger partial charge in [-0.1, -0.05) is 11.6 Å². The van der Waals surface area contributed by atoms with Crippen LogP contribution >= 0.6 is 24.0 Å². The molecule has 0 saturated heterocycles. The summed E-state index contributed by atoms with van der Waals surface area (Å²) in [4.78, 5) is 13.9. The maximum atomic E-state index is 11.9. The second kappa shape index (κ2) is 9.45. The minimum Gasteiger partial charge on any atom is -0.484 e. The van der Waals surface area contributed by atoms with E-state index in [9.17, 15) is 4.79 Å². The number of likely N-dealkylation sites (N-methyl/N-ethyl adjacent to an activating group) is 1. The van der Waals surface area contributed by atoms with Crippen molar-refractivity contribution in [1.82, 2.24) is 10.2 Å². The number of hydrogen-bond donors (Lipinski definition) is 1. The van der Waals surface area contributed by atoms with Gasteiger partial charge in [-0.05, 0) is 50.5 Å². The van der Waals surface area contributed by atoms with E-state index < -0.39 is 0 Å². The smallest absolute Gasteiger partial charge is 0.258 e. The van der Waals surface area contributed by atoms with Crippen LogP contribution in [0.2, 0.25) is 5.02 Å². The number of ether oxygens (including phenoxy) is 1. The lowest BCUT2D eigenvalue weighted by Gasteiger charge is -2.22. The first-order valence-electron chi connectivity index (χ1n) is 6.91. The molecular formula is C16H20Cl2N2O3. The molecule has 0 radical (unpaired) electrons. The molecule has 1 N–H and O–H groups in total. The highest BCUT2D eigenvalue weighted by molar-refractivity contribution is 6.30. The maximum absolute atomic E-state index is 11.9. The normalized spacial score (nSPS) is 11.7. The summed E-state index contributed by atoms with van der Waals surface area (Å²) < 4.78 is 10.8. The molecule has 0 aliphatic heterocycles. The van der Waals surface area contributed by atoms with E-state index in [1.165, 1.54) is 0 Å². The van der Waals surface area contributed by atoms with Gasteiger partial charge < -0.3 is 14.5 Å². The van der Waals surface area contributed by atoms with Crippen LogP contribution in [0.3, 0.4) is 0 Å². The van der Waals surface area contributed by atoms with Gasteiger partial charge in [0.05, 0.1) is 12.3 Å². The average molecular weight is 359 g/mol. The number of furan rings is 1. The van der Waals surface area contributed by atoms with E-state index in [0.717, 1.165) is 5.76 Å². The van der Waals surface area contributed by atoms with Gasteiger partial charge in [0.2, 0.25) is 0 Å². The Morgan fingerprint density at radius 3 is 2.57 bits per heavy atom. The lowest BCUT2D eigenvalue weighted by molar-refractivity contribution is -0.123. The first-order chi connectivity index (χ1) is 10.6. The van der Waals surface area contributed by atoms with Crippen molar-refractivity contribution in [1.29, 1.82) is 0 Å². The molecule has 2 rings (SSSR count). The number of nitrogens with zero attached hydrogens (tertiary/aromatic N) is 1. The molecule has 2 aromatic rings. The topological polar surface area (TPSA) is 54.7 Å². The maximum Gasteiger partial charge on any atom is 0.258 e. The van der Waals surface area contributed by atoms with Gasteiger partial charge in [-0.25, -0.2) is 0 Å². The van der Waals surface area contributed by atoms with Crippen LogP contribution in [0.4, 0.5) is 0 Å². The van der Waals surface area contributed by atoms with Crippen molar-refractivity contribution >= 4 is 29.9 Å². The third-order valence-electron chi connectivity index (χ3n) is 3.17. The highest BCUT2D eigenvalue weighted by Crippen LogP contribution is 2.18. The Bertz CT molecular complexity index is 586. The van der Waals surface area contributed by atoms with Crippen LogP contribution in [0.1, 0.15) is 11.8 Å². The summed E-state index contributed by atoms with van der Waals surface area (Å²) in [6.07, 6.45) is 1.62. The summed E-state index contributed by atoms with van der Waals surface area (Å²) in [5.41, 5.74) is 0. The zero-order valence-electron chi connectivity index (χ0n) is 13.0. The Morgan fingerprint density at radius 1 is 1.30 bits per heavy atom. The van der Waals surface area contributed by atoms with E-state index in [1.807, 2.05) is 31.1 Å². The number of carbonyl (C=O) groups excluding carboxylic acids is 1. The van der Waals surface area contributed by atoms with Crippen LogP contribution in [0.25, 0.3) is 0 Å². The number of hydrogen-bond acceptors (Lipinski definition) is 4. The second-order valence-electron chi connectivity index (χ2n) is 5.04. The predicted octanol–water partition coefficient (Wildman–Crippen LogP) is 3.15. The van der Waals surface area contributed by atoms with Crippen LogP contribution in [0.5, 0.6) is 5.75 Å². The fraction of sp³-hybridized carbons (Fsp3) is 0.312. The monoisotopic (exact) mass is 358 g/mol. The van der Waals surface area contributed by atoms with E-state index >= 15 is 0 Å². The summed E-state index contributed by atoms with van der Waals surface area (Å²) in [6, 6.07) is 10.6. The zero-order valence-corrected chi connectivity index (χ0v) is 14.6. The SMILES string of the molecule is CN(C)C(CNC(=O)COc1ccc(Cl)cc1)c1ccco1.Cl. The van der Waals surface area contributed by atoms with Gasteiger partial charge in [-0.15, -0.1) is 12.4 Å². The molecule has 1 heterocycles. The Kier molecular flexibility index (Phi) is 7.95. The van der Waals surface area contributed by atoms with E-state index in [0.29, 0.717) is 17.3 Å². The minimum absolute atomic E-state index is 0. The molecule has 0 bridgehead atoms. The highest BCUT2D eigenvalue weighted by Gasteiger charge is 2.17. The standard InChI is InChI=1S/C16H19ClN2O3.ClH/c1-19(2)14(15-4-3-9-21-15)10-18-16(20)11-22-13-7-5-12(17)6-8-13;/h3-9,14H,10-11H2,1-2H3,(H,18,20);1H. The average Bonchev–Trinajstić information content (AvgIpc) is 3.00. The van der Waals surface area contributed by atoms with Crippen LogP contribution in [-0.4, -0.2) is 38.1 Å². The first kappa shape index (κ1) is 19.4. The van der Waals surface area contributed by atoms with Crippen molar-refractivity contribution in [3.8, 4) is 5.75 Å². The quantitative estimate of drug-likeness (QED) is 0.825. The third-order valence-corrected chi connectivity index (χ3v) is 3.42. The minimum atomic E-state index is -0.187. The van der Waals surface area contributed by atoms with Gasteiger partial charge in [-0.3, -0.25) is 9.69 Å². The Hall–Kier alpha value is -1.69. The predicted molar refractivity (Wildman–Crippen MR) is 92.3 cm³/mol. The van der Waals surface area contributed by atoms with Crippen molar-refractivity contribution in [2.45, 2.75) is 6.04 Å². The molecule has 5 nitrogen and oxygen atoms in total. The molecule has 0 aliphatic carbocycles. The molecule has 1 aromatic heterocycles. The molecular weight excluding hydrogens is 339 g/mol. The second-order valence-corrected chi connectivity index (χ2v) is 5.48. The van der Waals surface area contributed by atoms with Crippen LogP contribution in [-0.2, 0) is 4.79 Å². The van der Waals surface area contributed by atoms with Crippen molar-refractivity contribution < 1.29 is 13.9 Å². The summed E-state index contributed by atoms with van der Waals surface area (Å²) in [5, 5.41) is 3.47. The van der Waals surface area contributed by atoms with Gasteiger partial charge in [0.25, 0.3) is 5.91 Å². The molecule has 1 atom stereocenters. The lowest BCUT2D eigenvalue weighted by atomic mass is 10.2. The largest absolute Gasteiger partial charge is 0.484 e. The number of carbonyl (C=O) groups is 1. The molecule has 1 amide bonds. The van der Waals surface area contributed by atoms with Crippen LogP contribution in [0, 0.1) is 0 Å². The van der Waals surface area contributed by atoms with Crippen molar-refractivity contribution in [3.05, 3.63) is 53.4 Å². The van der Waals surface area contributed by atoms with E-state index in [-0.39, 0.29) is 31.0 Å². The fourth-order valence-corrected chi connectivity index (χ4v) is 2.09. The fourth-order valence-electron chi connectivity index (χ4n) is 1.96.